The quantitative estimate of drug-likeness (QED) is 0.556. The van der Waals surface area contributed by atoms with Crippen molar-refractivity contribution >= 4 is 0 Å². The number of rotatable bonds is 8. The summed E-state index contributed by atoms with van der Waals surface area (Å²) in [5.41, 5.74) is 0. The van der Waals surface area contributed by atoms with Crippen LogP contribution in [-0.4, -0.2) is 39.4 Å². The van der Waals surface area contributed by atoms with Gasteiger partial charge in [0.05, 0.1) is 12.2 Å². The first-order valence-corrected chi connectivity index (χ1v) is 6.13. The van der Waals surface area contributed by atoms with E-state index in [0.29, 0.717) is 19.3 Å². The molecule has 0 aromatic heterocycles. The number of ether oxygens (including phenoxy) is 1. The Balaban J connectivity index is 4.39. The molecule has 0 saturated carbocycles. The zero-order chi connectivity index (χ0) is 12.8. The molecule has 0 bridgehead atoms. The fourth-order valence-electron chi connectivity index (χ4n) is 1.66. The molecule has 4 nitrogen and oxygen atoms in total. The van der Waals surface area contributed by atoms with E-state index in [-0.39, 0.29) is 0 Å². The molecule has 4 heteroatoms. The number of aliphatic hydroxyl groups is 3. The molecule has 0 aliphatic rings. The lowest BCUT2D eigenvalue weighted by Gasteiger charge is -2.35. The minimum absolute atomic E-state index is 0.355. The highest BCUT2D eigenvalue weighted by Crippen LogP contribution is 2.23. The lowest BCUT2D eigenvalue weighted by atomic mass is 10.0. The SMILES string of the molecule is CCCC(O)C(C)OC(O)(CCC)C(C)O. The first-order chi connectivity index (χ1) is 7.37. The second kappa shape index (κ2) is 7.22. The largest absolute Gasteiger partial charge is 0.390 e. The summed E-state index contributed by atoms with van der Waals surface area (Å²) >= 11 is 0. The molecule has 4 atom stereocenters. The van der Waals surface area contributed by atoms with E-state index in [2.05, 4.69) is 0 Å². The number of aliphatic hydroxyl groups excluding tert-OH is 2. The Hall–Kier alpha value is -0.160. The standard InChI is InChI=1S/C12H26O4/c1-5-7-11(14)9(3)16-12(15,8-6-2)10(4)13/h9-11,13-15H,5-8H2,1-4H3. The molecule has 0 aromatic carbocycles. The van der Waals surface area contributed by atoms with Crippen LogP contribution < -0.4 is 0 Å². The van der Waals surface area contributed by atoms with E-state index >= 15 is 0 Å². The fourth-order valence-corrected chi connectivity index (χ4v) is 1.66. The van der Waals surface area contributed by atoms with Crippen molar-refractivity contribution in [1.29, 1.82) is 0 Å². The summed E-state index contributed by atoms with van der Waals surface area (Å²) in [5.74, 6) is -1.55. The smallest absolute Gasteiger partial charge is 0.192 e. The van der Waals surface area contributed by atoms with Crippen LogP contribution in [0.5, 0.6) is 0 Å². The monoisotopic (exact) mass is 234 g/mol. The van der Waals surface area contributed by atoms with Crippen molar-refractivity contribution in [2.45, 2.75) is 77.5 Å². The number of hydrogen-bond acceptors (Lipinski definition) is 4. The minimum Gasteiger partial charge on any atom is -0.390 e. The molecule has 0 heterocycles. The van der Waals surface area contributed by atoms with Gasteiger partial charge in [-0.05, 0) is 20.3 Å². The first kappa shape index (κ1) is 15.8. The van der Waals surface area contributed by atoms with Gasteiger partial charge in [-0.15, -0.1) is 0 Å². The maximum Gasteiger partial charge on any atom is 0.192 e. The Kier molecular flexibility index (Phi) is 7.15. The van der Waals surface area contributed by atoms with E-state index in [9.17, 15) is 15.3 Å². The van der Waals surface area contributed by atoms with Gasteiger partial charge in [0, 0.05) is 6.42 Å². The Labute approximate surface area is 98.2 Å². The molecule has 16 heavy (non-hydrogen) atoms. The van der Waals surface area contributed by atoms with E-state index in [4.69, 9.17) is 4.74 Å². The van der Waals surface area contributed by atoms with Crippen molar-refractivity contribution in [3.63, 3.8) is 0 Å². The molecule has 4 unspecified atom stereocenters. The van der Waals surface area contributed by atoms with Gasteiger partial charge in [-0.1, -0.05) is 26.7 Å². The average molecular weight is 234 g/mol. The van der Waals surface area contributed by atoms with Gasteiger partial charge >= 0.3 is 0 Å². The molecule has 0 aliphatic heterocycles. The molecule has 3 N–H and O–H groups in total. The van der Waals surface area contributed by atoms with Crippen molar-refractivity contribution < 1.29 is 20.1 Å². The summed E-state index contributed by atoms with van der Waals surface area (Å²) in [5, 5.41) is 29.3. The molecular weight excluding hydrogens is 208 g/mol. The summed E-state index contributed by atoms with van der Waals surface area (Å²) in [4.78, 5) is 0. The maximum absolute atomic E-state index is 10.1. The summed E-state index contributed by atoms with van der Waals surface area (Å²) < 4.78 is 5.41. The van der Waals surface area contributed by atoms with Crippen molar-refractivity contribution in [1.82, 2.24) is 0 Å². The highest BCUT2D eigenvalue weighted by molar-refractivity contribution is 4.77. The van der Waals surface area contributed by atoms with E-state index in [1.165, 1.54) is 6.92 Å². The zero-order valence-corrected chi connectivity index (χ0v) is 10.8. The van der Waals surface area contributed by atoms with Crippen LogP contribution in [0, 0.1) is 0 Å². The lowest BCUT2D eigenvalue weighted by Crippen LogP contribution is -2.47. The van der Waals surface area contributed by atoms with Crippen molar-refractivity contribution in [2.24, 2.45) is 0 Å². The second-order valence-electron chi connectivity index (χ2n) is 4.45. The predicted molar refractivity (Wildman–Crippen MR) is 63.0 cm³/mol. The summed E-state index contributed by atoms with van der Waals surface area (Å²) in [6.07, 6.45) is 0.493. The van der Waals surface area contributed by atoms with Crippen LogP contribution in [0.15, 0.2) is 0 Å². The molecule has 0 spiro atoms. The van der Waals surface area contributed by atoms with Gasteiger partial charge in [-0.3, -0.25) is 0 Å². The highest BCUT2D eigenvalue weighted by Gasteiger charge is 2.36. The fraction of sp³-hybridized carbons (Fsp3) is 1.00. The van der Waals surface area contributed by atoms with Crippen LogP contribution >= 0.6 is 0 Å². The van der Waals surface area contributed by atoms with Crippen LogP contribution in [0.25, 0.3) is 0 Å². The molecule has 0 aliphatic carbocycles. The van der Waals surface area contributed by atoms with Gasteiger partial charge in [0.25, 0.3) is 0 Å². The molecule has 0 aromatic rings. The summed E-state index contributed by atoms with van der Waals surface area (Å²) in [6, 6.07) is 0. The average Bonchev–Trinajstić information content (AvgIpc) is 2.18. The van der Waals surface area contributed by atoms with Gasteiger partial charge in [-0.25, -0.2) is 0 Å². The third kappa shape index (κ3) is 4.78. The van der Waals surface area contributed by atoms with Crippen LogP contribution in [0.4, 0.5) is 0 Å². The summed E-state index contributed by atoms with van der Waals surface area (Å²) in [6.45, 7) is 7.09. The van der Waals surface area contributed by atoms with Crippen LogP contribution in [0.2, 0.25) is 0 Å². The normalized spacial score (nSPS) is 21.2. The minimum atomic E-state index is -1.55. The van der Waals surface area contributed by atoms with Crippen molar-refractivity contribution in [2.75, 3.05) is 0 Å². The first-order valence-electron chi connectivity index (χ1n) is 6.13. The zero-order valence-electron chi connectivity index (χ0n) is 10.8. The maximum atomic E-state index is 10.1. The van der Waals surface area contributed by atoms with E-state index in [0.717, 1.165) is 6.42 Å². The Bertz CT molecular complexity index is 184. The number of hydrogen-bond donors (Lipinski definition) is 3. The van der Waals surface area contributed by atoms with E-state index in [1.807, 2.05) is 13.8 Å². The van der Waals surface area contributed by atoms with E-state index < -0.39 is 24.1 Å². The van der Waals surface area contributed by atoms with Gasteiger partial charge in [0.1, 0.15) is 6.10 Å². The Morgan fingerprint density at radius 2 is 1.69 bits per heavy atom. The van der Waals surface area contributed by atoms with Crippen LogP contribution in [-0.2, 0) is 4.74 Å². The van der Waals surface area contributed by atoms with Crippen molar-refractivity contribution in [3.8, 4) is 0 Å². The topological polar surface area (TPSA) is 69.9 Å². The Morgan fingerprint density at radius 1 is 1.12 bits per heavy atom. The molecule has 0 amide bonds. The van der Waals surface area contributed by atoms with Gasteiger partial charge < -0.3 is 20.1 Å². The second-order valence-corrected chi connectivity index (χ2v) is 4.45. The Morgan fingerprint density at radius 3 is 2.06 bits per heavy atom. The van der Waals surface area contributed by atoms with Crippen LogP contribution in [0.3, 0.4) is 0 Å². The third-order valence-electron chi connectivity index (χ3n) is 2.78. The lowest BCUT2D eigenvalue weighted by molar-refractivity contribution is -0.285. The van der Waals surface area contributed by atoms with Crippen molar-refractivity contribution in [3.05, 3.63) is 0 Å². The molecular formula is C12H26O4. The summed E-state index contributed by atoms with van der Waals surface area (Å²) in [7, 11) is 0. The molecule has 0 fully saturated rings. The molecule has 0 radical (unpaired) electrons. The highest BCUT2D eigenvalue weighted by atomic mass is 16.6. The molecule has 0 rings (SSSR count). The van der Waals surface area contributed by atoms with Gasteiger partial charge in [0.2, 0.25) is 0 Å². The van der Waals surface area contributed by atoms with Gasteiger partial charge in [0.15, 0.2) is 5.79 Å². The molecule has 98 valence electrons. The van der Waals surface area contributed by atoms with E-state index in [1.54, 1.807) is 6.92 Å². The van der Waals surface area contributed by atoms with Crippen LogP contribution in [0.1, 0.15) is 53.4 Å². The third-order valence-corrected chi connectivity index (χ3v) is 2.78. The predicted octanol–water partition coefficient (Wildman–Crippen LogP) is 1.42. The molecule has 0 saturated heterocycles. The van der Waals surface area contributed by atoms with Gasteiger partial charge in [-0.2, -0.15) is 0 Å².